The number of rotatable bonds is 9. The average molecular weight is 533 g/mol. The zero-order valence-corrected chi connectivity index (χ0v) is 23.6. The molecule has 0 spiro atoms. The SMILES string of the molecule is CN(C(=O)NCc1ccc(N[O-])cc1)C1CCN(C[C@H]2CN(CC3CCCCC3)C[C@@H]2c2ccccc2)CC1. The number of benzene rings is 2. The summed E-state index contributed by atoms with van der Waals surface area (Å²) in [6, 6.07) is 18.6. The molecule has 0 radical (unpaired) electrons. The highest BCUT2D eigenvalue weighted by Gasteiger charge is 2.36. The Morgan fingerprint density at radius 1 is 0.897 bits per heavy atom. The molecule has 2 aliphatic heterocycles. The minimum Gasteiger partial charge on any atom is -0.761 e. The zero-order valence-electron chi connectivity index (χ0n) is 23.6. The number of hydrogen-bond donors (Lipinski definition) is 2. The molecule has 2 amide bonds. The molecule has 2 atom stereocenters. The predicted octanol–water partition coefficient (Wildman–Crippen LogP) is 5.50. The van der Waals surface area contributed by atoms with Gasteiger partial charge in [-0.05, 0) is 60.8 Å². The van der Waals surface area contributed by atoms with E-state index >= 15 is 0 Å². The Labute approximate surface area is 234 Å². The van der Waals surface area contributed by atoms with Crippen LogP contribution in [0.15, 0.2) is 54.6 Å². The fourth-order valence-electron chi connectivity index (χ4n) is 7.09. The molecule has 0 aromatic heterocycles. The van der Waals surface area contributed by atoms with Crippen molar-refractivity contribution in [2.24, 2.45) is 11.8 Å². The smallest absolute Gasteiger partial charge is 0.317 e. The predicted molar refractivity (Wildman–Crippen MR) is 159 cm³/mol. The fourth-order valence-corrected chi connectivity index (χ4v) is 7.09. The summed E-state index contributed by atoms with van der Waals surface area (Å²) >= 11 is 0. The van der Waals surface area contributed by atoms with Crippen molar-refractivity contribution in [3.8, 4) is 0 Å². The fraction of sp³-hybridized carbons (Fsp3) is 0.594. The molecule has 3 aliphatic rings. The van der Waals surface area contributed by atoms with Gasteiger partial charge in [-0.1, -0.05) is 61.7 Å². The van der Waals surface area contributed by atoms with Crippen LogP contribution in [0, 0.1) is 17.0 Å². The molecule has 212 valence electrons. The van der Waals surface area contributed by atoms with E-state index in [-0.39, 0.29) is 12.1 Å². The highest BCUT2D eigenvalue weighted by Crippen LogP contribution is 2.35. The molecule has 7 heteroatoms. The maximum absolute atomic E-state index is 12.8. The third-order valence-corrected chi connectivity index (χ3v) is 9.42. The molecular weight excluding hydrogens is 486 g/mol. The lowest BCUT2D eigenvalue weighted by molar-refractivity contribution is 0.121. The van der Waals surface area contributed by atoms with Crippen LogP contribution in [0.4, 0.5) is 10.5 Å². The van der Waals surface area contributed by atoms with Gasteiger partial charge < -0.3 is 30.7 Å². The number of amides is 2. The molecule has 2 saturated heterocycles. The summed E-state index contributed by atoms with van der Waals surface area (Å²) in [4.78, 5) is 20.1. The minimum atomic E-state index is -0.0298. The molecule has 2 N–H and O–H groups in total. The molecule has 5 rings (SSSR count). The van der Waals surface area contributed by atoms with Gasteiger partial charge in [-0.15, -0.1) is 0 Å². The second-order valence-electron chi connectivity index (χ2n) is 12.1. The van der Waals surface area contributed by atoms with Crippen molar-refractivity contribution in [3.05, 3.63) is 70.9 Å². The van der Waals surface area contributed by atoms with E-state index in [4.69, 9.17) is 0 Å². The number of carbonyl (C=O) groups excluding carboxylic acids is 1. The minimum absolute atomic E-state index is 0.0298. The van der Waals surface area contributed by atoms with Crippen LogP contribution in [0.5, 0.6) is 0 Å². The van der Waals surface area contributed by atoms with Gasteiger partial charge in [0.2, 0.25) is 0 Å². The van der Waals surface area contributed by atoms with E-state index in [9.17, 15) is 10.0 Å². The Balaban J connectivity index is 1.11. The van der Waals surface area contributed by atoms with Crippen molar-refractivity contribution in [1.29, 1.82) is 0 Å². The van der Waals surface area contributed by atoms with E-state index in [1.165, 1.54) is 57.3 Å². The Morgan fingerprint density at radius 2 is 1.62 bits per heavy atom. The van der Waals surface area contributed by atoms with Gasteiger partial charge >= 0.3 is 6.03 Å². The molecule has 2 aromatic carbocycles. The molecule has 0 bridgehead atoms. The maximum atomic E-state index is 12.8. The first-order valence-corrected chi connectivity index (χ1v) is 15.1. The van der Waals surface area contributed by atoms with E-state index in [1.54, 1.807) is 12.1 Å². The number of anilines is 1. The van der Waals surface area contributed by atoms with E-state index in [0.717, 1.165) is 44.0 Å². The van der Waals surface area contributed by atoms with Crippen LogP contribution < -0.4 is 10.8 Å². The van der Waals surface area contributed by atoms with Gasteiger partial charge in [0.1, 0.15) is 0 Å². The summed E-state index contributed by atoms with van der Waals surface area (Å²) in [5.74, 6) is 2.16. The largest absolute Gasteiger partial charge is 0.761 e. The number of hydrogen-bond acceptors (Lipinski definition) is 5. The van der Waals surface area contributed by atoms with E-state index in [0.29, 0.717) is 24.1 Å². The Morgan fingerprint density at radius 3 is 2.31 bits per heavy atom. The maximum Gasteiger partial charge on any atom is 0.317 e. The van der Waals surface area contributed by atoms with Gasteiger partial charge in [0, 0.05) is 70.5 Å². The third-order valence-electron chi connectivity index (χ3n) is 9.42. The summed E-state index contributed by atoms with van der Waals surface area (Å²) in [5.41, 5.74) is 4.89. The lowest BCUT2D eigenvalue weighted by Crippen LogP contribution is -2.49. The van der Waals surface area contributed by atoms with Crippen molar-refractivity contribution in [2.75, 3.05) is 51.8 Å². The first-order valence-electron chi connectivity index (χ1n) is 15.1. The van der Waals surface area contributed by atoms with E-state index in [1.807, 2.05) is 29.6 Å². The van der Waals surface area contributed by atoms with Crippen LogP contribution >= 0.6 is 0 Å². The molecule has 7 nitrogen and oxygen atoms in total. The summed E-state index contributed by atoms with van der Waals surface area (Å²) in [6.07, 6.45) is 9.12. The van der Waals surface area contributed by atoms with Crippen molar-refractivity contribution < 1.29 is 4.79 Å². The topological polar surface area (TPSA) is 73.9 Å². The van der Waals surface area contributed by atoms with Gasteiger partial charge in [0.15, 0.2) is 0 Å². The number of likely N-dealkylation sites (tertiary alicyclic amines) is 2. The Hall–Kier alpha value is -2.61. The van der Waals surface area contributed by atoms with Crippen LogP contribution in [0.2, 0.25) is 0 Å². The van der Waals surface area contributed by atoms with Gasteiger partial charge in [-0.2, -0.15) is 0 Å². The molecule has 1 aliphatic carbocycles. The average Bonchev–Trinajstić information content (AvgIpc) is 3.38. The lowest BCUT2D eigenvalue weighted by atomic mass is 9.88. The molecule has 0 unspecified atom stereocenters. The van der Waals surface area contributed by atoms with Gasteiger partial charge in [-0.3, -0.25) is 0 Å². The Kier molecular flexibility index (Phi) is 9.77. The normalized spacial score (nSPS) is 23.5. The van der Waals surface area contributed by atoms with Gasteiger partial charge in [0.25, 0.3) is 0 Å². The first kappa shape index (κ1) is 27.9. The number of carbonyl (C=O) groups is 1. The van der Waals surface area contributed by atoms with Crippen LogP contribution in [-0.4, -0.2) is 73.1 Å². The van der Waals surface area contributed by atoms with Crippen molar-refractivity contribution in [2.45, 2.75) is 63.5 Å². The number of nitrogens with zero attached hydrogens (tertiary/aromatic N) is 3. The van der Waals surface area contributed by atoms with Gasteiger partial charge in [-0.25, -0.2) is 4.79 Å². The number of urea groups is 1. The molecule has 2 heterocycles. The van der Waals surface area contributed by atoms with Crippen LogP contribution in [-0.2, 0) is 6.54 Å². The van der Waals surface area contributed by atoms with Crippen molar-refractivity contribution in [1.82, 2.24) is 20.0 Å². The third kappa shape index (κ3) is 7.53. The second-order valence-corrected chi connectivity index (χ2v) is 12.1. The van der Waals surface area contributed by atoms with E-state index < -0.39 is 0 Å². The molecular formula is C32H46N5O2-. The van der Waals surface area contributed by atoms with Gasteiger partial charge in [0.05, 0.1) is 0 Å². The summed E-state index contributed by atoms with van der Waals surface area (Å²) in [6.45, 7) is 7.39. The summed E-state index contributed by atoms with van der Waals surface area (Å²) < 4.78 is 0. The van der Waals surface area contributed by atoms with Crippen LogP contribution in [0.25, 0.3) is 0 Å². The highest BCUT2D eigenvalue weighted by molar-refractivity contribution is 5.74. The summed E-state index contributed by atoms with van der Waals surface area (Å²) in [5, 5.41) is 13.8. The second kappa shape index (κ2) is 13.6. The monoisotopic (exact) mass is 532 g/mol. The molecule has 39 heavy (non-hydrogen) atoms. The molecule has 3 fully saturated rings. The van der Waals surface area contributed by atoms with Crippen molar-refractivity contribution in [3.63, 3.8) is 0 Å². The first-order chi connectivity index (χ1) is 19.1. The quantitative estimate of drug-likeness (QED) is 0.418. The number of piperidine rings is 1. The van der Waals surface area contributed by atoms with Crippen LogP contribution in [0.1, 0.15) is 62.0 Å². The molecule has 1 saturated carbocycles. The summed E-state index contributed by atoms with van der Waals surface area (Å²) in [7, 11) is 1.92. The number of nitrogens with one attached hydrogen (secondary N) is 2. The molecule has 2 aromatic rings. The zero-order chi connectivity index (χ0) is 27.0. The Bertz CT molecular complexity index is 1020. The highest BCUT2D eigenvalue weighted by atomic mass is 16.5. The van der Waals surface area contributed by atoms with Crippen molar-refractivity contribution >= 4 is 11.7 Å². The van der Waals surface area contributed by atoms with Crippen LogP contribution in [0.3, 0.4) is 0 Å². The van der Waals surface area contributed by atoms with E-state index in [2.05, 4.69) is 45.4 Å². The lowest BCUT2D eigenvalue weighted by Gasteiger charge is -2.38. The standard InChI is InChI=1S/C32H46N5O2/c1-35(32(38)33-20-25-12-14-29(34-39)15-13-25)30-16-18-36(19-17-30)22-28-23-37(21-26-8-4-2-5-9-26)24-31(28)27-10-6-3-7-11-27/h3,6-7,10-15,26,28,30-31,34H,2,4-5,8-9,16-24H2,1H3,(H,33,38)/q-1/t28-,31+/m0/s1.